The molecule has 29 heavy (non-hydrogen) atoms. The van der Waals surface area contributed by atoms with Crippen molar-refractivity contribution in [1.82, 2.24) is 9.80 Å². The number of hydrogen-bond donors (Lipinski definition) is 0. The molecule has 0 N–H and O–H groups in total. The van der Waals surface area contributed by atoms with Crippen molar-refractivity contribution < 1.29 is 9.59 Å². The fraction of sp³-hybridized carbons (Fsp3) is 0.391. The van der Waals surface area contributed by atoms with Gasteiger partial charge in [-0.05, 0) is 48.9 Å². The Hall–Kier alpha value is -2.53. The zero-order chi connectivity index (χ0) is 20.2. The fourth-order valence-electron chi connectivity index (χ4n) is 4.21. The molecule has 2 aromatic carbocycles. The van der Waals surface area contributed by atoms with Crippen molar-refractivity contribution in [2.75, 3.05) is 37.6 Å². The Kier molecular flexibility index (Phi) is 6.05. The lowest BCUT2D eigenvalue weighted by atomic mass is 9.90. The van der Waals surface area contributed by atoms with Gasteiger partial charge in [-0.25, -0.2) is 4.79 Å². The summed E-state index contributed by atoms with van der Waals surface area (Å²) in [6, 6.07) is 17.7. The molecule has 3 amide bonds. The van der Waals surface area contributed by atoms with E-state index in [0.29, 0.717) is 24.0 Å². The van der Waals surface area contributed by atoms with E-state index >= 15 is 0 Å². The molecule has 152 valence electrons. The summed E-state index contributed by atoms with van der Waals surface area (Å²) in [7, 11) is 0. The maximum Gasteiger partial charge on any atom is 0.325 e. The Morgan fingerprint density at radius 3 is 2.45 bits per heavy atom. The molecule has 6 heteroatoms. The summed E-state index contributed by atoms with van der Waals surface area (Å²) in [5, 5.41) is 0.600. The van der Waals surface area contributed by atoms with Gasteiger partial charge in [-0.1, -0.05) is 48.0 Å². The van der Waals surface area contributed by atoms with E-state index in [1.807, 2.05) is 23.1 Å². The number of anilines is 1. The first kappa shape index (κ1) is 19.8. The first-order valence-corrected chi connectivity index (χ1v) is 10.6. The molecule has 0 unspecified atom stereocenters. The van der Waals surface area contributed by atoms with Crippen LogP contribution in [-0.2, 0) is 11.2 Å². The van der Waals surface area contributed by atoms with Gasteiger partial charge in [0.1, 0.15) is 6.54 Å². The topological polar surface area (TPSA) is 43.9 Å². The summed E-state index contributed by atoms with van der Waals surface area (Å²) in [5.74, 6) is 0.664. The molecule has 0 bridgehead atoms. The molecule has 0 radical (unpaired) electrons. The van der Waals surface area contributed by atoms with Gasteiger partial charge >= 0.3 is 6.03 Å². The number of piperidine rings is 1. The summed E-state index contributed by atoms with van der Waals surface area (Å²) >= 11 is 6.04. The molecule has 2 fully saturated rings. The molecule has 0 saturated carbocycles. The lowest BCUT2D eigenvalue weighted by molar-refractivity contribution is -0.133. The monoisotopic (exact) mass is 411 g/mol. The van der Waals surface area contributed by atoms with Crippen LogP contribution in [0, 0.1) is 5.92 Å². The number of nitrogens with zero attached hydrogens (tertiary/aromatic N) is 3. The third kappa shape index (κ3) is 4.73. The second-order valence-corrected chi connectivity index (χ2v) is 8.29. The van der Waals surface area contributed by atoms with Crippen LogP contribution in [0.1, 0.15) is 18.4 Å². The number of likely N-dealkylation sites (tertiary alicyclic amines) is 1. The lowest BCUT2D eigenvalue weighted by Crippen LogP contribution is -2.45. The van der Waals surface area contributed by atoms with Crippen LogP contribution in [-0.4, -0.2) is 54.5 Å². The van der Waals surface area contributed by atoms with E-state index in [1.165, 1.54) is 5.56 Å². The predicted octanol–water partition coefficient (Wildman–Crippen LogP) is 4.06. The first-order valence-electron chi connectivity index (χ1n) is 10.2. The number of benzene rings is 2. The Morgan fingerprint density at radius 1 is 0.966 bits per heavy atom. The van der Waals surface area contributed by atoms with Crippen LogP contribution in [0.15, 0.2) is 54.6 Å². The average Bonchev–Trinajstić information content (AvgIpc) is 3.09. The maximum absolute atomic E-state index is 12.8. The van der Waals surface area contributed by atoms with Crippen molar-refractivity contribution >= 4 is 29.2 Å². The Balaban J connectivity index is 1.27. The number of halogens is 1. The quantitative estimate of drug-likeness (QED) is 0.744. The van der Waals surface area contributed by atoms with E-state index in [4.69, 9.17) is 11.6 Å². The van der Waals surface area contributed by atoms with Gasteiger partial charge < -0.3 is 9.80 Å². The maximum atomic E-state index is 12.8. The molecule has 0 aromatic heterocycles. The highest BCUT2D eigenvalue weighted by Crippen LogP contribution is 2.25. The fourth-order valence-corrected chi connectivity index (χ4v) is 4.39. The van der Waals surface area contributed by atoms with E-state index < -0.39 is 0 Å². The van der Waals surface area contributed by atoms with Crippen molar-refractivity contribution in [1.29, 1.82) is 0 Å². The minimum Gasteiger partial charge on any atom is -0.341 e. The highest BCUT2D eigenvalue weighted by molar-refractivity contribution is 6.30. The standard InChI is InChI=1S/C23H26ClN3O2/c24-20-7-4-8-21(16-20)27-14-13-26(23(27)29)17-22(28)25-11-9-19(10-12-25)15-18-5-2-1-3-6-18/h1-8,16,19H,9-15,17H2. The van der Waals surface area contributed by atoms with Crippen LogP contribution in [0.25, 0.3) is 0 Å². The van der Waals surface area contributed by atoms with Crippen LogP contribution >= 0.6 is 11.6 Å². The summed E-state index contributed by atoms with van der Waals surface area (Å²) in [6.07, 6.45) is 3.11. The van der Waals surface area contributed by atoms with Gasteiger partial charge in [0.25, 0.3) is 0 Å². The normalized spacial score (nSPS) is 17.8. The average molecular weight is 412 g/mol. The molecule has 2 saturated heterocycles. The molecule has 2 aromatic rings. The van der Waals surface area contributed by atoms with Crippen molar-refractivity contribution in [2.24, 2.45) is 5.92 Å². The van der Waals surface area contributed by atoms with Crippen LogP contribution in [0.2, 0.25) is 5.02 Å². The number of urea groups is 1. The molecule has 0 atom stereocenters. The minimum absolute atomic E-state index is 0.0458. The zero-order valence-corrected chi connectivity index (χ0v) is 17.2. The number of carbonyl (C=O) groups excluding carboxylic acids is 2. The second kappa shape index (κ2) is 8.87. The molecule has 2 heterocycles. The molecule has 5 nitrogen and oxygen atoms in total. The van der Waals surface area contributed by atoms with Gasteiger partial charge in [0.05, 0.1) is 0 Å². The largest absolute Gasteiger partial charge is 0.341 e. The second-order valence-electron chi connectivity index (χ2n) is 7.85. The van der Waals surface area contributed by atoms with Crippen LogP contribution in [0.4, 0.5) is 10.5 Å². The summed E-state index contributed by atoms with van der Waals surface area (Å²) in [6.45, 7) is 2.83. The first-order chi connectivity index (χ1) is 14.1. The van der Waals surface area contributed by atoms with Crippen LogP contribution < -0.4 is 4.90 Å². The smallest absolute Gasteiger partial charge is 0.325 e. The molecular formula is C23H26ClN3O2. The van der Waals surface area contributed by atoms with E-state index in [0.717, 1.165) is 38.0 Å². The van der Waals surface area contributed by atoms with Crippen LogP contribution in [0.5, 0.6) is 0 Å². The summed E-state index contributed by atoms with van der Waals surface area (Å²) < 4.78 is 0. The Labute approximate surface area is 176 Å². The van der Waals surface area contributed by atoms with Gasteiger partial charge in [-0.3, -0.25) is 9.69 Å². The van der Waals surface area contributed by atoms with Crippen molar-refractivity contribution in [2.45, 2.75) is 19.3 Å². The van der Waals surface area contributed by atoms with Gasteiger partial charge in [0, 0.05) is 36.9 Å². The highest BCUT2D eigenvalue weighted by atomic mass is 35.5. The van der Waals surface area contributed by atoms with E-state index in [-0.39, 0.29) is 18.5 Å². The van der Waals surface area contributed by atoms with Crippen molar-refractivity contribution in [3.05, 3.63) is 65.2 Å². The van der Waals surface area contributed by atoms with Gasteiger partial charge in [-0.15, -0.1) is 0 Å². The van der Waals surface area contributed by atoms with E-state index in [1.54, 1.807) is 21.9 Å². The molecule has 2 aliphatic rings. The number of amides is 3. The van der Waals surface area contributed by atoms with Gasteiger partial charge in [0.15, 0.2) is 0 Å². The van der Waals surface area contributed by atoms with Gasteiger partial charge in [0.2, 0.25) is 5.91 Å². The van der Waals surface area contributed by atoms with Crippen LogP contribution in [0.3, 0.4) is 0 Å². The van der Waals surface area contributed by atoms with E-state index in [9.17, 15) is 9.59 Å². The SMILES string of the molecule is O=C(CN1CCN(c2cccc(Cl)c2)C1=O)N1CCC(Cc2ccccc2)CC1. The molecule has 2 aliphatic heterocycles. The number of carbonyl (C=O) groups is 2. The molecule has 0 aliphatic carbocycles. The highest BCUT2D eigenvalue weighted by Gasteiger charge is 2.32. The lowest BCUT2D eigenvalue weighted by Gasteiger charge is -2.33. The number of rotatable bonds is 5. The Bertz CT molecular complexity index is 865. The predicted molar refractivity (Wildman–Crippen MR) is 115 cm³/mol. The summed E-state index contributed by atoms with van der Waals surface area (Å²) in [5.41, 5.74) is 2.14. The molecule has 4 rings (SSSR count). The Morgan fingerprint density at radius 2 is 1.72 bits per heavy atom. The third-order valence-corrected chi connectivity index (χ3v) is 6.11. The van der Waals surface area contributed by atoms with Crippen molar-refractivity contribution in [3.8, 4) is 0 Å². The zero-order valence-electron chi connectivity index (χ0n) is 16.5. The number of hydrogen-bond acceptors (Lipinski definition) is 2. The molecule has 0 spiro atoms. The summed E-state index contributed by atoms with van der Waals surface area (Å²) in [4.78, 5) is 30.7. The van der Waals surface area contributed by atoms with Gasteiger partial charge in [-0.2, -0.15) is 0 Å². The van der Waals surface area contributed by atoms with E-state index in [2.05, 4.69) is 24.3 Å². The molecular weight excluding hydrogens is 386 g/mol. The minimum atomic E-state index is -0.125. The van der Waals surface area contributed by atoms with Crippen molar-refractivity contribution in [3.63, 3.8) is 0 Å². The third-order valence-electron chi connectivity index (χ3n) is 5.88.